The first-order valence-corrected chi connectivity index (χ1v) is 7.21. The first-order chi connectivity index (χ1) is 10.1. The van der Waals surface area contributed by atoms with E-state index in [2.05, 4.69) is 5.32 Å². The first kappa shape index (κ1) is 15.3. The number of aryl methyl sites for hydroxylation is 1. The van der Waals surface area contributed by atoms with E-state index in [1.54, 1.807) is 0 Å². The summed E-state index contributed by atoms with van der Waals surface area (Å²) in [6, 6.07) is 17.6. The summed E-state index contributed by atoms with van der Waals surface area (Å²) in [4.78, 5) is 12.2. The second-order valence-corrected chi connectivity index (χ2v) is 5.43. The van der Waals surface area contributed by atoms with E-state index in [0.29, 0.717) is 6.54 Å². The molecule has 1 amide bonds. The fourth-order valence-electron chi connectivity index (χ4n) is 2.18. The van der Waals surface area contributed by atoms with Crippen LogP contribution >= 0.6 is 0 Å². The lowest BCUT2D eigenvalue weighted by Gasteiger charge is -2.19. The van der Waals surface area contributed by atoms with Gasteiger partial charge in [0.1, 0.15) is 0 Å². The summed E-state index contributed by atoms with van der Waals surface area (Å²) < 4.78 is 0. The zero-order chi connectivity index (χ0) is 15.2. The summed E-state index contributed by atoms with van der Waals surface area (Å²) >= 11 is 0. The van der Waals surface area contributed by atoms with Gasteiger partial charge in [-0.05, 0) is 18.1 Å². The van der Waals surface area contributed by atoms with E-state index in [9.17, 15) is 4.79 Å². The Morgan fingerprint density at radius 1 is 1.10 bits per heavy atom. The monoisotopic (exact) mass is 282 g/mol. The molecule has 2 aromatic carbocycles. The van der Waals surface area contributed by atoms with Crippen molar-refractivity contribution in [2.24, 2.45) is 11.7 Å². The third-order valence-electron chi connectivity index (χ3n) is 3.72. The van der Waals surface area contributed by atoms with Crippen molar-refractivity contribution in [3.05, 3.63) is 71.3 Å². The molecule has 2 unspecified atom stereocenters. The van der Waals surface area contributed by atoms with Crippen LogP contribution in [-0.2, 0) is 11.3 Å². The highest BCUT2D eigenvalue weighted by molar-refractivity contribution is 5.79. The van der Waals surface area contributed by atoms with Gasteiger partial charge in [0.15, 0.2) is 0 Å². The Morgan fingerprint density at radius 3 is 2.33 bits per heavy atom. The molecular weight excluding hydrogens is 260 g/mol. The van der Waals surface area contributed by atoms with Gasteiger partial charge in [0.25, 0.3) is 0 Å². The van der Waals surface area contributed by atoms with E-state index < -0.39 is 0 Å². The maximum atomic E-state index is 12.2. The summed E-state index contributed by atoms with van der Waals surface area (Å²) in [6.45, 7) is 4.44. The Balaban J connectivity index is 1.92. The van der Waals surface area contributed by atoms with E-state index in [1.165, 1.54) is 5.56 Å². The molecule has 3 N–H and O–H groups in total. The van der Waals surface area contributed by atoms with Gasteiger partial charge < -0.3 is 11.1 Å². The fourth-order valence-corrected chi connectivity index (χ4v) is 2.18. The maximum Gasteiger partial charge on any atom is 0.225 e. The minimum absolute atomic E-state index is 0.0214. The average Bonchev–Trinajstić information content (AvgIpc) is 2.53. The van der Waals surface area contributed by atoms with Crippen LogP contribution in [0.5, 0.6) is 0 Å². The minimum atomic E-state index is -0.288. The second kappa shape index (κ2) is 7.04. The molecule has 0 saturated heterocycles. The number of amides is 1. The first-order valence-electron chi connectivity index (χ1n) is 7.21. The molecular formula is C18H22N2O. The summed E-state index contributed by atoms with van der Waals surface area (Å²) in [7, 11) is 0. The van der Waals surface area contributed by atoms with Crippen LogP contribution in [0.4, 0.5) is 0 Å². The van der Waals surface area contributed by atoms with Crippen molar-refractivity contribution in [3.8, 4) is 0 Å². The Hall–Kier alpha value is -2.13. The number of hydrogen-bond donors (Lipinski definition) is 2. The summed E-state index contributed by atoms with van der Waals surface area (Å²) in [5.74, 6) is -0.287. The van der Waals surface area contributed by atoms with Crippen molar-refractivity contribution in [1.29, 1.82) is 0 Å². The van der Waals surface area contributed by atoms with Crippen LogP contribution in [0.25, 0.3) is 0 Å². The quantitative estimate of drug-likeness (QED) is 0.886. The molecule has 0 aromatic heterocycles. The van der Waals surface area contributed by atoms with Crippen molar-refractivity contribution in [2.45, 2.75) is 26.4 Å². The third-order valence-corrected chi connectivity index (χ3v) is 3.72. The Kier molecular flexibility index (Phi) is 5.12. The van der Waals surface area contributed by atoms with Gasteiger partial charge in [0, 0.05) is 12.6 Å². The van der Waals surface area contributed by atoms with Crippen molar-refractivity contribution >= 4 is 5.91 Å². The molecule has 0 aliphatic rings. The molecule has 0 saturated carbocycles. The summed E-state index contributed by atoms with van der Waals surface area (Å²) in [6.07, 6.45) is 0. The van der Waals surface area contributed by atoms with Gasteiger partial charge in [-0.2, -0.15) is 0 Å². The average molecular weight is 282 g/mol. The van der Waals surface area contributed by atoms with Crippen LogP contribution in [0.15, 0.2) is 54.6 Å². The molecule has 2 rings (SSSR count). The molecule has 0 spiro atoms. The van der Waals surface area contributed by atoms with Crippen molar-refractivity contribution in [2.75, 3.05) is 0 Å². The lowest BCUT2D eigenvalue weighted by Crippen LogP contribution is -2.35. The van der Waals surface area contributed by atoms with Crippen molar-refractivity contribution < 1.29 is 4.79 Å². The maximum absolute atomic E-state index is 12.2. The molecule has 0 aliphatic heterocycles. The van der Waals surface area contributed by atoms with Crippen LogP contribution < -0.4 is 11.1 Å². The van der Waals surface area contributed by atoms with Gasteiger partial charge >= 0.3 is 0 Å². The Labute approximate surface area is 126 Å². The molecule has 3 heteroatoms. The third kappa shape index (κ3) is 4.17. The highest BCUT2D eigenvalue weighted by atomic mass is 16.1. The zero-order valence-electron chi connectivity index (χ0n) is 12.5. The van der Waals surface area contributed by atoms with Crippen LogP contribution in [0.3, 0.4) is 0 Å². The lowest BCUT2D eigenvalue weighted by atomic mass is 9.94. The molecule has 0 bridgehead atoms. The number of benzene rings is 2. The van der Waals surface area contributed by atoms with E-state index in [-0.39, 0.29) is 17.9 Å². The lowest BCUT2D eigenvalue weighted by molar-refractivity contribution is -0.125. The topological polar surface area (TPSA) is 55.1 Å². The van der Waals surface area contributed by atoms with E-state index in [1.807, 2.05) is 68.4 Å². The van der Waals surface area contributed by atoms with E-state index in [4.69, 9.17) is 5.73 Å². The number of rotatable bonds is 5. The molecule has 0 radical (unpaired) electrons. The molecule has 3 nitrogen and oxygen atoms in total. The van der Waals surface area contributed by atoms with Gasteiger partial charge in [-0.15, -0.1) is 0 Å². The standard InChI is InChI=1S/C18H22N2O/c1-13-8-10-15(11-9-13)12-20-18(21)14(2)17(19)16-6-4-3-5-7-16/h3-11,14,17H,12,19H2,1-2H3,(H,20,21). The van der Waals surface area contributed by atoms with Crippen LogP contribution in [0.2, 0.25) is 0 Å². The Morgan fingerprint density at radius 2 is 1.71 bits per heavy atom. The zero-order valence-corrected chi connectivity index (χ0v) is 12.5. The number of hydrogen-bond acceptors (Lipinski definition) is 2. The van der Waals surface area contributed by atoms with Gasteiger partial charge in [0.2, 0.25) is 5.91 Å². The smallest absolute Gasteiger partial charge is 0.225 e. The number of carbonyl (C=O) groups is 1. The fraction of sp³-hybridized carbons (Fsp3) is 0.278. The highest BCUT2D eigenvalue weighted by Crippen LogP contribution is 2.19. The summed E-state index contributed by atoms with van der Waals surface area (Å²) in [5, 5.41) is 2.95. The number of carbonyl (C=O) groups excluding carboxylic acids is 1. The van der Waals surface area contributed by atoms with Gasteiger partial charge in [-0.25, -0.2) is 0 Å². The molecule has 110 valence electrons. The molecule has 21 heavy (non-hydrogen) atoms. The molecule has 2 atom stereocenters. The van der Waals surface area contributed by atoms with Gasteiger partial charge in [0.05, 0.1) is 5.92 Å². The second-order valence-electron chi connectivity index (χ2n) is 5.43. The minimum Gasteiger partial charge on any atom is -0.352 e. The van der Waals surface area contributed by atoms with Gasteiger partial charge in [-0.1, -0.05) is 67.1 Å². The molecule has 0 aliphatic carbocycles. The molecule has 0 heterocycles. The highest BCUT2D eigenvalue weighted by Gasteiger charge is 2.21. The van der Waals surface area contributed by atoms with Crippen LogP contribution in [0, 0.1) is 12.8 Å². The number of nitrogens with two attached hydrogens (primary N) is 1. The predicted octanol–water partition coefficient (Wildman–Crippen LogP) is 2.95. The largest absolute Gasteiger partial charge is 0.352 e. The van der Waals surface area contributed by atoms with Gasteiger partial charge in [-0.3, -0.25) is 4.79 Å². The molecule has 2 aromatic rings. The number of nitrogens with one attached hydrogen (secondary N) is 1. The van der Waals surface area contributed by atoms with Crippen LogP contribution in [-0.4, -0.2) is 5.91 Å². The van der Waals surface area contributed by atoms with E-state index in [0.717, 1.165) is 11.1 Å². The predicted molar refractivity (Wildman–Crippen MR) is 85.6 cm³/mol. The van der Waals surface area contributed by atoms with Crippen molar-refractivity contribution in [1.82, 2.24) is 5.32 Å². The summed E-state index contributed by atoms with van der Waals surface area (Å²) in [5.41, 5.74) is 9.45. The SMILES string of the molecule is Cc1ccc(CNC(=O)C(C)C(N)c2ccccc2)cc1. The Bertz CT molecular complexity index is 578. The van der Waals surface area contributed by atoms with E-state index >= 15 is 0 Å². The van der Waals surface area contributed by atoms with Crippen molar-refractivity contribution in [3.63, 3.8) is 0 Å². The molecule has 0 fully saturated rings. The normalized spacial score (nSPS) is 13.5. The van der Waals surface area contributed by atoms with Crippen LogP contribution in [0.1, 0.15) is 29.7 Å².